The molecule has 0 saturated carbocycles. The second kappa shape index (κ2) is 5.66. The summed E-state index contributed by atoms with van der Waals surface area (Å²) in [5, 5.41) is 0.466. The summed E-state index contributed by atoms with van der Waals surface area (Å²) in [5.41, 5.74) is 6.39. The van der Waals surface area contributed by atoms with E-state index in [0.717, 1.165) is 11.6 Å². The molecule has 1 unspecified atom stereocenters. The first-order valence-electron chi connectivity index (χ1n) is 6.08. The SMILES string of the molecule is Cc1cc(Cl)cc(C(N)c2ccc(C(F)(F)F)c(F)c2)c1. The van der Waals surface area contributed by atoms with Crippen molar-refractivity contribution in [1.29, 1.82) is 0 Å². The summed E-state index contributed by atoms with van der Waals surface area (Å²) >= 11 is 5.92. The summed E-state index contributed by atoms with van der Waals surface area (Å²) in [5.74, 6) is -1.34. The van der Waals surface area contributed by atoms with Crippen LogP contribution in [0.3, 0.4) is 0 Å². The zero-order valence-electron chi connectivity index (χ0n) is 11.0. The fraction of sp³-hybridized carbons (Fsp3) is 0.200. The molecule has 0 aromatic heterocycles. The van der Waals surface area contributed by atoms with E-state index in [9.17, 15) is 17.6 Å². The van der Waals surface area contributed by atoms with Gasteiger partial charge in [0.25, 0.3) is 0 Å². The van der Waals surface area contributed by atoms with Crippen LogP contribution in [0.15, 0.2) is 36.4 Å². The Kier molecular flexibility index (Phi) is 4.25. The lowest BCUT2D eigenvalue weighted by atomic mass is 9.97. The minimum absolute atomic E-state index is 0.252. The standard InChI is InChI=1S/C15H12ClF4N/c1-8-4-10(6-11(16)5-8)14(21)9-2-3-12(13(17)7-9)15(18,19)20/h2-7,14H,21H2,1H3. The van der Waals surface area contributed by atoms with Crippen LogP contribution >= 0.6 is 11.6 Å². The number of nitrogens with two attached hydrogens (primary N) is 1. The average Bonchev–Trinajstić information content (AvgIpc) is 2.35. The maximum Gasteiger partial charge on any atom is 0.419 e. The van der Waals surface area contributed by atoms with E-state index in [1.54, 1.807) is 18.2 Å². The van der Waals surface area contributed by atoms with E-state index < -0.39 is 23.6 Å². The molecule has 21 heavy (non-hydrogen) atoms. The van der Waals surface area contributed by atoms with Gasteiger partial charge in [0.1, 0.15) is 5.82 Å². The molecule has 0 spiro atoms. The Morgan fingerprint density at radius 1 is 1.05 bits per heavy atom. The second-order valence-electron chi connectivity index (χ2n) is 4.78. The Labute approximate surface area is 124 Å². The Morgan fingerprint density at radius 2 is 1.71 bits per heavy atom. The first-order valence-corrected chi connectivity index (χ1v) is 6.45. The van der Waals surface area contributed by atoms with Crippen LogP contribution in [-0.4, -0.2) is 0 Å². The van der Waals surface area contributed by atoms with Crippen molar-refractivity contribution < 1.29 is 17.6 Å². The van der Waals surface area contributed by atoms with Gasteiger partial charge in [0.05, 0.1) is 11.6 Å². The molecule has 0 amide bonds. The van der Waals surface area contributed by atoms with Crippen LogP contribution in [0.2, 0.25) is 5.02 Å². The highest BCUT2D eigenvalue weighted by molar-refractivity contribution is 6.30. The number of halogens is 5. The van der Waals surface area contributed by atoms with Crippen LogP contribution in [0.25, 0.3) is 0 Å². The van der Waals surface area contributed by atoms with Gasteiger partial charge < -0.3 is 5.73 Å². The maximum absolute atomic E-state index is 13.6. The normalized spacial score (nSPS) is 13.3. The quantitative estimate of drug-likeness (QED) is 0.787. The molecule has 112 valence electrons. The molecule has 2 rings (SSSR count). The summed E-state index contributed by atoms with van der Waals surface area (Å²) in [7, 11) is 0. The van der Waals surface area contributed by atoms with Crippen LogP contribution in [0.1, 0.15) is 28.3 Å². The van der Waals surface area contributed by atoms with Gasteiger partial charge in [-0.1, -0.05) is 23.7 Å². The Hall–Kier alpha value is -1.59. The molecule has 0 bridgehead atoms. The summed E-state index contributed by atoms with van der Waals surface area (Å²) in [6, 6.07) is 7.02. The van der Waals surface area contributed by atoms with E-state index in [4.69, 9.17) is 17.3 Å². The van der Waals surface area contributed by atoms with E-state index in [2.05, 4.69) is 0 Å². The third-order valence-electron chi connectivity index (χ3n) is 3.08. The van der Waals surface area contributed by atoms with Gasteiger partial charge in [-0.05, 0) is 47.9 Å². The molecule has 1 atom stereocenters. The first kappa shape index (κ1) is 15.8. The van der Waals surface area contributed by atoms with Crippen molar-refractivity contribution in [2.75, 3.05) is 0 Å². The van der Waals surface area contributed by atoms with Crippen molar-refractivity contribution >= 4 is 11.6 Å². The molecule has 0 fully saturated rings. The molecule has 1 nitrogen and oxygen atoms in total. The van der Waals surface area contributed by atoms with E-state index in [-0.39, 0.29) is 5.56 Å². The van der Waals surface area contributed by atoms with E-state index in [1.807, 2.05) is 6.92 Å². The van der Waals surface area contributed by atoms with Crippen molar-refractivity contribution in [2.24, 2.45) is 5.73 Å². The molecule has 6 heteroatoms. The third-order valence-corrected chi connectivity index (χ3v) is 3.30. The lowest BCUT2D eigenvalue weighted by Crippen LogP contribution is -2.14. The molecule has 2 N–H and O–H groups in total. The highest BCUT2D eigenvalue weighted by Crippen LogP contribution is 2.33. The van der Waals surface area contributed by atoms with E-state index in [0.29, 0.717) is 16.7 Å². The van der Waals surface area contributed by atoms with Crippen molar-refractivity contribution in [3.63, 3.8) is 0 Å². The number of aryl methyl sites for hydroxylation is 1. The molecular weight excluding hydrogens is 306 g/mol. The zero-order chi connectivity index (χ0) is 15.8. The average molecular weight is 318 g/mol. The smallest absolute Gasteiger partial charge is 0.320 e. The molecule has 0 saturated heterocycles. The van der Waals surface area contributed by atoms with Gasteiger partial charge in [-0.3, -0.25) is 0 Å². The van der Waals surface area contributed by atoms with Crippen molar-refractivity contribution in [3.05, 3.63) is 69.5 Å². The van der Waals surface area contributed by atoms with E-state index >= 15 is 0 Å². The lowest BCUT2D eigenvalue weighted by Gasteiger charge is -2.16. The number of alkyl halides is 3. The van der Waals surface area contributed by atoms with Crippen LogP contribution in [-0.2, 0) is 6.18 Å². The molecule has 0 heterocycles. The molecule has 2 aromatic carbocycles. The van der Waals surface area contributed by atoms with E-state index in [1.165, 1.54) is 6.07 Å². The molecule has 0 aliphatic heterocycles. The highest BCUT2D eigenvalue weighted by atomic mass is 35.5. The van der Waals surface area contributed by atoms with Gasteiger partial charge in [-0.25, -0.2) is 4.39 Å². The Balaban J connectivity index is 2.40. The minimum atomic E-state index is -4.72. The molecule has 0 aliphatic rings. The van der Waals surface area contributed by atoms with Crippen LogP contribution < -0.4 is 5.73 Å². The van der Waals surface area contributed by atoms with Gasteiger partial charge >= 0.3 is 6.18 Å². The van der Waals surface area contributed by atoms with Crippen LogP contribution in [0.5, 0.6) is 0 Å². The summed E-state index contributed by atoms with van der Waals surface area (Å²) in [4.78, 5) is 0. The summed E-state index contributed by atoms with van der Waals surface area (Å²) in [6.45, 7) is 1.81. The highest BCUT2D eigenvalue weighted by Gasteiger charge is 2.34. The lowest BCUT2D eigenvalue weighted by molar-refractivity contribution is -0.140. The second-order valence-corrected chi connectivity index (χ2v) is 5.21. The number of hydrogen-bond donors (Lipinski definition) is 1. The zero-order valence-corrected chi connectivity index (χ0v) is 11.8. The fourth-order valence-electron chi connectivity index (χ4n) is 2.09. The van der Waals surface area contributed by atoms with Gasteiger partial charge in [0.15, 0.2) is 0 Å². The topological polar surface area (TPSA) is 26.0 Å². The number of rotatable bonds is 2. The van der Waals surface area contributed by atoms with Crippen molar-refractivity contribution in [2.45, 2.75) is 19.1 Å². The summed E-state index contributed by atoms with van der Waals surface area (Å²) in [6.07, 6.45) is -4.72. The molecule has 0 radical (unpaired) electrons. The van der Waals surface area contributed by atoms with Crippen molar-refractivity contribution in [3.8, 4) is 0 Å². The van der Waals surface area contributed by atoms with Crippen molar-refractivity contribution in [1.82, 2.24) is 0 Å². The Morgan fingerprint density at radius 3 is 2.24 bits per heavy atom. The monoisotopic (exact) mass is 317 g/mol. The van der Waals surface area contributed by atoms with Gasteiger partial charge in [0.2, 0.25) is 0 Å². The predicted molar refractivity (Wildman–Crippen MR) is 73.6 cm³/mol. The summed E-state index contributed by atoms with van der Waals surface area (Å²) < 4.78 is 51.1. The largest absolute Gasteiger partial charge is 0.419 e. The predicted octanol–water partition coefficient (Wildman–Crippen LogP) is 4.85. The van der Waals surface area contributed by atoms with Crippen LogP contribution in [0, 0.1) is 12.7 Å². The number of hydrogen-bond acceptors (Lipinski definition) is 1. The minimum Gasteiger partial charge on any atom is -0.320 e. The van der Waals surface area contributed by atoms with Gasteiger partial charge in [-0.2, -0.15) is 13.2 Å². The van der Waals surface area contributed by atoms with Gasteiger partial charge in [0, 0.05) is 5.02 Å². The molecule has 0 aliphatic carbocycles. The maximum atomic E-state index is 13.6. The van der Waals surface area contributed by atoms with Crippen LogP contribution in [0.4, 0.5) is 17.6 Å². The number of benzene rings is 2. The Bertz CT molecular complexity index is 647. The fourth-order valence-corrected chi connectivity index (χ4v) is 2.39. The molecule has 2 aromatic rings. The first-order chi connectivity index (χ1) is 9.68. The van der Waals surface area contributed by atoms with Gasteiger partial charge in [-0.15, -0.1) is 0 Å². The third kappa shape index (κ3) is 3.54. The molecular formula is C15H12ClF4N.